The predicted octanol–water partition coefficient (Wildman–Crippen LogP) is 2.34. The summed E-state index contributed by atoms with van der Waals surface area (Å²) in [6.07, 6.45) is 2.37. The summed E-state index contributed by atoms with van der Waals surface area (Å²) < 4.78 is 5.42. The van der Waals surface area contributed by atoms with Crippen LogP contribution in [0, 0.1) is 0 Å². The van der Waals surface area contributed by atoms with Gasteiger partial charge in [-0.3, -0.25) is 9.89 Å². The van der Waals surface area contributed by atoms with Crippen LogP contribution in [0.2, 0.25) is 0 Å². The summed E-state index contributed by atoms with van der Waals surface area (Å²) in [5, 5.41) is 0. The topological polar surface area (TPSA) is 74.4 Å². The maximum atomic E-state index is 12.1. The van der Waals surface area contributed by atoms with Gasteiger partial charge >= 0.3 is 6.09 Å². The molecular formula is C18H36IN5O2. The first-order chi connectivity index (χ1) is 11.7. The number of rotatable bonds is 5. The molecule has 1 aliphatic heterocycles. The van der Waals surface area contributed by atoms with Gasteiger partial charge < -0.3 is 20.3 Å². The van der Waals surface area contributed by atoms with E-state index in [1.165, 1.54) is 12.8 Å². The van der Waals surface area contributed by atoms with E-state index < -0.39 is 5.60 Å². The van der Waals surface area contributed by atoms with Crippen molar-refractivity contribution in [3.8, 4) is 0 Å². The lowest BCUT2D eigenvalue weighted by Gasteiger charge is -2.36. The second kappa shape index (κ2) is 9.96. The van der Waals surface area contributed by atoms with Crippen LogP contribution < -0.4 is 5.73 Å². The first-order valence-electron chi connectivity index (χ1n) is 9.46. The minimum Gasteiger partial charge on any atom is -0.444 e. The molecule has 0 radical (unpaired) electrons. The number of carbonyl (C=O) groups excluding carboxylic acids is 1. The van der Waals surface area contributed by atoms with Gasteiger partial charge in [0.1, 0.15) is 5.60 Å². The Hall–Kier alpha value is -0.770. The zero-order valence-electron chi connectivity index (χ0n) is 16.9. The molecule has 1 heterocycles. The fraction of sp³-hybridized carbons (Fsp3) is 0.889. The number of nitrogens with two attached hydrogens (primary N) is 1. The van der Waals surface area contributed by atoms with Crippen molar-refractivity contribution >= 4 is 36.0 Å². The monoisotopic (exact) mass is 481 g/mol. The zero-order chi connectivity index (χ0) is 18.6. The van der Waals surface area contributed by atoms with E-state index >= 15 is 0 Å². The molecule has 0 spiro atoms. The van der Waals surface area contributed by atoms with Gasteiger partial charge in [0.05, 0.1) is 6.54 Å². The highest BCUT2D eigenvalue weighted by Crippen LogP contribution is 2.28. The zero-order valence-corrected chi connectivity index (χ0v) is 19.2. The van der Waals surface area contributed by atoms with Gasteiger partial charge in [-0.2, -0.15) is 0 Å². The lowest BCUT2D eigenvalue weighted by molar-refractivity contribution is 0.0186. The third-order valence-corrected chi connectivity index (χ3v) is 4.57. The molecule has 1 amide bonds. The largest absolute Gasteiger partial charge is 0.444 e. The second-order valence-corrected chi connectivity index (χ2v) is 8.26. The van der Waals surface area contributed by atoms with Crippen molar-refractivity contribution in [2.75, 3.05) is 39.3 Å². The van der Waals surface area contributed by atoms with Gasteiger partial charge in [0, 0.05) is 44.8 Å². The number of halogens is 1. The Morgan fingerprint density at radius 3 is 2.19 bits per heavy atom. The van der Waals surface area contributed by atoms with Crippen molar-refractivity contribution in [1.82, 2.24) is 14.7 Å². The Balaban J connectivity index is 0.00000338. The first kappa shape index (κ1) is 23.3. The third-order valence-electron chi connectivity index (χ3n) is 4.57. The van der Waals surface area contributed by atoms with Crippen LogP contribution in [0.15, 0.2) is 4.99 Å². The number of amides is 1. The molecule has 8 heteroatoms. The van der Waals surface area contributed by atoms with Crippen LogP contribution in [0.5, 0.6) is 0 Å². The van der Waals surface area contributed by atoms with Gasteiger partial charge in [-0.15, -0.1) is 24.0 Å². The molecule has 1 saturated heterocycles. The summed E-state index contributed by atoms with van der Waals surface area (Å²) in [6, 6.07) is 1.30. The highest BCUT2D eigenvalue weighted by atomic mass is 127. The van der Waals surface area contributed by atoms with Gasteiger partial charge in [0.15, 0.2) is 5.96 Å². The van der Waals surface area contributed by atoms with Crippen LogP contribution in [0.25, 0.3) is 0 Å². The van der Waals surface area contributed by atoms with E-state index in [9.17, 15) is 4.79 Å². The van der Waals surface area contributed by atoms with Crippen LogP contribution in [-0.4, -0.2) is 83.7 Å². The predicted molar refractivity (Wildman–Crippen MR) is 116 cm³/mol. The van der Waals surface area contributed by atoms with Crippen molar-refractivity contribution in [1.29, 1.82) is 0 Å². The Morgan fingerprint density at radius 2 is 1.73 bits per heavy atom. The quantitative estimate of drug-likeness (QED) is 0.371. The van der Waals surface area contributed by atoms with Gasteiger partial charge in [-0.25, -0.2) is 4.79 Å². The highest BCUT2D eigenvalue weighted by molar-refractivity contribution is 14.0. The molecule has 0 atom stereocenters. The third kappa shape index (κ3) is 7.46. The normalized spacial score (nSPS) is 19.0. The van der Waals surface area contributed by atoms with E-state index in [0.29, 0.717) is 38.2 Å². The van der Waals surface area contributed by atoms with Crippen molar-refractivity contribution in [2.24, 2.45) is 10.7 Å². The maximum Gasteiger partial charge on any atom is 0.410 e. The smallest absolute Gasteiger partial charge is 0.410 e. The fourth-order valence-electron chi connectivity index (χ4n) is 3.09. The molecule has 2 aliphatic rings. The van der Waals surface area contributed by atoms with E-state index in [1.807, 2.05) is 20.8 Å². The van der Waals surface area contributed by atoms with Gasteiger partial charge in [-0.05, 0) is 47.5 Å². The van der Waals surface area contributed by atoms with Crippen LogP contribution in [0.1, 0.15) is 47.5 Å². The molecule has 2 fully saturated rings. The Bertz CT molecular complexity index is 478. The minimum absolute atomic E-state index is 0. The summed E-state index contributed by atoms with van der Waals surface area (Å²) in [5.74, 6) is 0.586. The molecule has 0 aromatic rings. The molecule has 1 saturated carbocycles. The van der Waals surface area contributed by atoms with Crippen LogP contribution in [-0.2, 0) is 4.74 Å². The van der Waals surface area contributed by atoms with E-state index in [1.54, 1.807) is 4.90 Å². The van der Waals surface area contributed by atoms with Crippen LogP contribution >= 0.6 is 24.0 Å². The van der Waals surface area contributed by atoms with E-state index in [-0.39, 0.29) is 30.1 Å². The lowest BCUT2D eigenvalue weighted by Crippen LogP contribution is -2.53. The average Bonchev–Trinajstić information content (AvgIpc) is 3.34. The standard InChI is InChI=1S/C18H35N5O2.HI/c1-14(2)23(15-6-7-15)9-8-20-16(19)21-10-12-22(13-11-21)17(24)25-18(3,4)5;/h14-15H,6-13H2,1-5H3,(H2,19,20);1H. The number of ether oxygens (including phenoxy) is 1. The molecular weight excluding hydrogens is 445 g/mol. The number of hydrogen-bond acceptors (Lipinski definition) is 4. The molecule has 0 bridgehead atoms. The number of hydrogen-bond donors (Lipinski definition) is 1. The molecule has 0 aromatic carbocycles. The first-order valence-corrected chi connectivity index (χ1v) is 9.46. The van der Waals surface area contributed by atoms with E-state index in [2.05, 4.69) is 28.6 Å². The molecule has 2 rings (SSSR count). The van der Waals surface area contributed by atoms with Crippen molar-refractivity contribution in [3.05, 3.63) is 0 Å². The van der Waals surface area contributed by atoms with Crippen molar-refractivity contribution in [3.63, 3.8) is 0 Å². The molecule has 152 valence electrons. The molecule has 2 N–H and O–H groups in total. The number of piperazine rings is 1. The Labute approximate surface area is 175 Å². The average molecular weight is 481 g/mol. The van der Waals surface area contributed by atoms with Crippen molar-refractivity contribution in [2.45, 2.75) is 65.1 Å². The van der Waals surface area contributed by atoms with Gasteiger partial charge in [0.25, 0.3) is 0 Å². The Morgan fingerprint density at radius 1 is 1.19 bits per heavy atom. The number of aliphatic imine (C=N–C) groups is 1. The highest BCUT2D eigenvalue weighted by Gasteiger charge is 2.30. The maximum absolute atomic E-state index is 12.1. The van der Waals surface area contributed by atoms with E-state index in [4.69, 9.17) is 10.5 Å². The number of nitrogens with zero attached hydrogens (tertiary/aromatic N) is 4. The van der Waals surface area contributed by atoms with Crippen LogP contribution in [0.4, 0.5) is 4.79 Å². The summed E-state index contributed by atoms with van der Waals surface area (Å²) in [7, 11) is 0. The Kier molecular flexibility index (Phi) is 8.92. The summed E-state index contributed by atoms with van der Waals surface area (Å²) in [6.45, 7) is 14.4. The second-order valence-electron chi connectivity index (χ2n) is 8.26. The SMILES string of the molecule is CC(C)N(CCN=C(N)N1CCN(C(=O)OC(C)(C)C)CC1)C1CC1.I. The summed E-state index contributed by atoms with van der Waals surface area (Å²) >= 11 is 0. The number of carbonyl (C=O) groups is 1. The molecule has 0 unspecified atom stereocenters. The van der Waals surface area contributed by atoms with E-state index in [0.717, 1.165) is 19.1 Å². The number of guanidine groups is 1. The lowest BCUT2D eigenvalue weighted by atomic mass is 10.2. The molecule has 1 aliphatic carbocycles. The van der Waals surface area contributed by atoms with Gasteiger partial charge in [-0.1, -0.05) is 0 Å². The molecule has 7 nitrogen and oxygen atoms in total. The van der Waals surface area contributed by atoms with Crippen LogP contribution in [0.3, 0.4) is 0 Å². The van der Waals surface area contributed by atoms with Gasteiger partial charge in [0.2, 0.25) is 0 Å². The summed E-state index contributed by atoms with van der Waals surface area (Å²) in [4.78, 5) is 22.9. The fourth-order valence-corrected chi connectivity index (χ4v) is 3.09. The molecule has 26 heavy (non-hydrogen) atoms. The summed E-state index contributed by atoms with van der Waals surface area (Å²) in [5.41, 5.74) is 5.69. The van der Waals surface area contributed by atoms with Crippen molar-refractivity contribution < 1.29 is 9.53 Å². The minimum atomic E-state index is -0.460. The molecule has 0 aromatic heterocycles.